The summed E-state index contributed by atoms with van der Waals surface area (Å²) >= 11 is 7.25. The van der Waals surface area contributed by atoms with Crippen LogP contribution in [-0.4, -0.2) is 29.2 Å². The Morgan fingerprint density at radius 3 is 2.40 bits per heavy atom. The number of hydrogen-bond acceptors (Lipinski definition) is 5. The van der Waals surface area contributed by atoms with Gasteiger partial charge in [-0.25, -0.2) is 0 Å². The number of carbonyl (C=O) groups excluding carboxylic acids is 2. The SMILES string of the molecule is COC(=O)Cn1c(=NC(=O)C(C)(C)Oc2ccc(Cl)cc2)sc2cc(C)c(C)cc21. The van der Waals surface area contributed by atoms with E-state index in [4.69, 9.17) is 21.1 Å². The number of rotatable bonds is 5. The van der Waals surface area contributed by atoms with Crippen molar-refractivity contribution in [3.05, 3.63) is 57.3 Å². The van der Waals surface area contributed by atoms with Gasteiger partial charge in [0.05, 0.1) is 17.3 Å². The number of nitrogens with zero attached hydrogens (tertiary/aromatic N) is 2. The lowest BCUT2D eigenvalue weighted by Crippen LogP contribution is -2.38. The summed E-state index contributed by atoms with van der Waals surface area (Å²) in [4.78, 5) is 29.7. The molecule has 0 N–H and O–H groups in total. The number of ether oxygens (including phenoxy) is 2. The van der Waals surface area contributed by atoms with Crippen molar-refractivity contribution in [1.82, 2.24) is 4.57 Å². The van der Waals surface area contributed by atoms with Crippen molar-refractivity contribution in [1.29, 1.82) is 0 Å². The van der Waals surface area contributed by atoms with Crippen LogP contribution < -0.4 is 9.54 Å². The van der Waals surface area contributed by atoms with E-state index in [1.165, 1.54) is 18.4 Å². The van der Waals surface area contributed by atoms with E-state index < -0.39 is 17.5 Å². The van der Waals surface area contributed by atoms with Crippen LogP contribution in [0.5, 0.6) is 5.75 Å². The average Bonchev–Trinajstić information content (AvgIpc) is 2.99. The monoisotopic (exact) mass is 446 g/mol. The highest BCUT2D eigenvalue weighted by atomic mass is 35.5. The van der Waals surface area contributed by atoms with Crippen molar-refractivity contribution in [3.8, 4) is 5.75 Å². The lowest BCUT2D eigenvalue weighted by atomic mass is 10.1. The molecule has 0 fully saturated rings. The summed E-state index contributed by atoms with van der Waals surface area (Å²) in [6.45, 7) is 7.28. The fraction of sp³-hybridized carbons (Fsp3) is 0.318. The Bertz CT molecular complexity index is 1180. The van der Waals surface area contributed by atoms with Gasteiger partial charge in [0.25, 0.3) is 5.91 Å². The van der Waals surface area contributed by atoms with Crippen LogP contribution in [0.3, 0.4) is 0 Å². The molecule has 3 rings (SSSR count). The van der Waals surface area contributed by atoms with Crippen LogP contribution in [-0.2, 0) is 20.9 Å². The summed E-state index contributed by atoms with van der Waals surface area (Å²) in [6.07, 6.45) is 0. The number of esters is 1. The minimum absolute atomic E-state index is 0.0381. The Hall–Kier alpha value is -2.64. The van der Waals surface area contributed by atoms with Gasteiger partial charge in [-0.2, -0.15) is 4.99 Å². The van der Waals surface area contributed by atoms with Gasteiger partial charge in [-0.3, -0.25) is 9.59 Å². The molecule has 0 saturated heterocycles. The van der Waals surface area contributed by atoms with Crippen molar-refractivity contribution in [2.75, 3.05) is 7.11 Å². The smallest absolute Gasteiger partial charge is 0.325 e. The van der Waals surface area contributed by atoms with Crippen molar-refractivity contribution < 1.29 is 19.1 Å². The van der Waals surface area contributed by atoms with E-state index in [1.54, 1.807) is 42.7 Å². The van der Waals surface area contributed by atoms with Crippen molar-refractivity contribution in [2.45, 2.75) is 39.8 Å². The Balaban J connectivity index is 2.04. The standard InChI is InChI=1S/C22H23ClN2O4S/c1-13-10-17-18(11-14(13)2)30-21(25(17)12-19(26)28-5)24-20(27)22(3,4)29-16-8-6-15(23)7-9-16/h6-11H,12H2,1-5H3. The van der Waals surface area contributed by atoms with Crippen LogP contribution >= 0.6 is 22.9 Å². The molecule has 1 aromatic heterocycles. The maximum atomic E-state index is 13.0. The number of benzene rings is 2. The van der Waals surface area contributed by atoms with Gasteiger partial charge < -0.3 is 14.0 Å². The third-order valence-corrected chi connectivity index (χ3v) is 6.01. The molecule has 1 amide bonds. The van der Waals surface area contributed by atoms with Crippen LogP contribution in [0.2, 0.25) is 5.02 Å². The summed E-state index contributed by atoms with van der Waals surface area (Å²) in [5.41, 5.74) is 1.83. The molecule has 0 saturated carbocycles. The van der Waals surface area contributed by atoms with E-state index >= 15 is 0 Å². The molecule has 2 aromatic carbocycles. The van der Waals surface area contributed by atoms with Gasteiger partial charge in [0, 0.05) is 5.02 Å². The highest BCUT2D eigenvalue weighted by Crippen LogP contribution is 2.24. The zero-order valence-electron chi connectivity index (χ0n) is 17.5. The lowest BCUT2D eigenvalue weighted by molar-refractivity contribution is -0.141. The van der Waals surface area contributed by atoms with Crippen LogP contribution in [0.25, 0.3) is 10.2 Å². The van der Waals surface area contributed by atoms with Gasteiger partial charge in [-0.1, -0.05) is 22.9 Å². The highest BCUT2D eigenvalue weighted by molar-refractivity contribution is 7.16. The molecular formula is C22H23ClN2O4S. The number of hydrogen-bond donors (Lipinski definition) is 0. The Labute approximate surface area is 183 Å². The number of aromatic nitrogens is 1. The largest absolute Gasteiger partial charge is 0.478 e. The van der Waals surface area contributed by atoms with Crippen LogP contribution in [0.1, 0.15) is 25.0 Å². The third kappa shape index (κ3) is 4.74. The van der Waals surface area contributed by atoms with Crippen LogP contribution in [0.15, 0.2) is 41.4 Å². The molecule has 1 heterocycles. The molecule has 0 aliphatic heterocycles. The first-order valence-corrected chi connectivity index (χ1v) is 10.5. The zero-order valence-corrected chi connectivity index (χ0v) is 19.1. The van der Waals surface area contributed by atoms with Crippen molar-refractivity contribution in [2.24, 2.45) is 4.99 Å². The molecule has 0 atom stereocenters. The van der Waals surface area contributed by atoms with Gasteiger partial charge in [-0.05, 0) is 75.2 Å². The van der Waals surface area contributed by atoms with Crippen LogP contribution in [0, 0.1) is 13.8 Å². The first-order chi connectivity index (χ1) is 14.1. The molecule has 0 unspecified atom stereocenters. The zero-order chi connectivity index (χ0) is 22.1. The molecule has 3 aromatic rings. The number of fused-ring (bicyclic) bond motifs is 1. The normalized spacial score (nSPS) is 12.3. The average molecular weight is 447 g/mol. The van der Waals surface area contributed by atoms with Gasteiger partial charge in [-0.15, -0.1) is 0 Å². The van der Waals surface area contributed by atoms with E-state index in [-0.39, 0.29) is 6.54 Å². The lowest BCUT2D eigenvalue weighted by Gasteiger charge is -2.22. The van der Waals surface area contributed by atoms with Crippen molar-refractivity contribution >= 4 is 45.0 Å². The summed E-state index contributed by atoms with van der Waals surface area (Å²) in [7, 11) is 1.33. The van der Waals surface area contributed by atoms with E-state index in [9.17, 15) is 9.59 Å². The maximum absolute atomic E-state index is 13.0. The first kappa shape index (κ1) is 22.1. The maximum Gasteiger partial charge on any atom is 0.325 e. The third-order valence-electron chi connectivity index (χ3n) is 4.71. The van der Waals surface area contributed by atoms with Gasteiger partial charge in [0.15, 0.2) is 10.4 Å². The first-order valence-electron chi connectivity index (χ1n) is 9.32. The Morgan fingerprint density at radius 2 is 1.77 bits per heavy atom. The molecule has 0 radical (unpaired) electrons. The number of amides is 1. The molecular weight excluding hydrogens is 424 g/mol. The van der Waals surface area contributed by atoms with E-state index in [1.807, 2.05) is 26.0 Å². The minimum Gasteiger partial charge on any atom is -0.478 e. The minimum atomic E-state index is -1.21. The number of halogens is 1. The molecule has 158 valence electrons. The molecule has 30 heavy (non-hydrogen) atoms. The number of carbonyl (C=O) groups is 2. The summed E-state index contributed by atoms with van der Waals surface area (Å²) < 4.78 is 13.3. The molecule has 6 nitrogen and oxygen atoms in total. The topological polar surface area (TPSA) is 69.9 Å². The van der Waals surface area contributed by atoms with Crippen LogP contribution in [0.4, 0.5) is 0 Å². The highest BCUT2D eigenvalue weighted by Gasteiger charge is 2.30. The molecule has 0 spiro atoms. The predicted octanol–water partition coefficient (Wildman–Crippen LogP) is 4.43. The van der Waals surface area contributed by atoms with Gasteiger partial charge in [0.2, 0.25) is 0 Å². The summed E-state index contributed by atoms with van der Waals surface area (Å²) in [5, 5.41) is 0.580. The van der Waals surface area contributed by atoms with E-state index in [0.717, 1.165) is 21.3 Å². The summed E-state index contributed by atoms with van der Waals surface area (Å²) in [6, 6.07) is 10.8. The number of thiazole rings is 1. The summed E-state index contributed by atoms with van der Waals surface area (Å²) in [5.74, 6) is -0.368. The Kier molecular flexibility index (Phi) is 6.33. The fourth-order valence-electron chi connectivity index (χ4n) is 2.82. The Morgan fingerprint density at radius 1 is 1.13 bits per heavy atom. The van der Waals surface area contributed by atoms with E-state index in [0.29, 0.717) is 15.6 Å². The number of aryl methyl sites for hydroxylation is 2. The second-order valence-electron chi connectivity index (χ2n) is 7.43. The second kappa shape index (κ2) is 8.62. The predicted molar refractivity (Wildman–Crippen MR) is 118 cm³/mol. The molecule has 8 heteroatoms. The van der Waals surface area contributed by atoms with Crippen molar-refractivity contribution in [3.63, 3.8) is 0 Å². The van der Waals surface area contributed by atoms with Gasteiger partial charge >= 0.3 is 5.97 Å². The quantitative estimate of drug-likeness (QED) is 0.543. The van der Waals surface area contributed by atoms with Gasteiger partial charge in [0.1, 0.15) is 12.3 Å². The molecule has 0 bridgehead atoms. The van der Waals surface area contributed by atoms with E-state index in [2.05, 4.69) is 4.99 Å². The molecule has 0 aliphatic carbocycles. The number of methoxy groups -OCH3 is 1. The molecule has 0 aliphatic rings. The second-order valence-corrected chi connectivity index (χ2v) is 8.88. The fourth-order valence-corrected chi connectivity index (χ4v) is 4.05.